The second kappa shape index (κ2) is 5.26. The topological polar surface area (TPSA) is 98.5 Å². The first-order valence-corrected chi connectivity index (χ1v) is 7.72. The highest BCUT2D eigenvalue weighted by Crippen LogP contribution is 2.40. The van der Waals surface area contributed by atoms with Gasteiger partial charge in [0.25, 0.3) is 5.56 Å². The Balaban J connectivity index is 1.77. The lowest BCUT2D eigenvalue weighted by Gasteiger charge is -2.06. The number of aromatic nitrogens is 6. The molecule has 1 aliphatic carbocycles. The molecule has 0 amide bonds. The number of H-pyrrole nitrogens is 1. The number of aromatic amines is 1. The molecule has 0 radical (unpaired) electrons. The normalized spacial score (nSPS) is 14.1. The van der Waals surface area contributed by atoms with Gasteiger partial charge in [0, 0.05) is 18.5 Å². The highest BCUT2D eigenvalue weighted by molar-refractivity contribution is 6.10. The van der Waals surface area contributed by atoms with E-state index < -0.39 is 0 Å². The highest BCUT2D eigenvalue weighted by atomic mass is 16.2. The highest BCUT2D eigenvalue weighted by Gasteiger charge is 2.33. The molecule has 0 unspecified atom stereocenters. The van der Waals surface area contributed by atoms with Gasteiger partial charge >= 0.3 is 0 Å². The Morgan fingerprint density at radius 2 is 2.12 bits per heavy atom. The van der Waals surface area contributed by atoms with Crippen LogP contribution in [-0.2, 0) is 7.05 Å². The van der Waals surface area contributed by atoms with Crippen LogP contribution in [0, 0.1) is 6.92 Å². The van der Waals surface area contributed by atoms with E-state index in [-0.39, 0.29) is 22.8 Å². The van der Waals surface area contributed by atoms with Crippen molar-refractivity contribution in [2.24, 2.45) is 7.05 Å². The number of rotatable bonds is 4. The van der Waals surface area contributed by atoms with Crippen molar-refractivity contribution in [1.29, 1.82) is 0 Å². The van der Waals surface area contributed by atoms with Crippen LogP contribution in [0.5, 0.6) is 0 Å². The third-order valence-corrected chi connectivity index (χ3v) is 4.26. The van der Waals surface area contributed by atoms with E-state index in [4.69, 9.17) is 0 Å². The minimum absolute atomic E-state index is 0.235. The predicted molar refractivity (Wildman–Crippen MR) is 85.3 cm³/mol. The van der Waals surface area contributed by atoms with Crippen molar-refractivity contribution < 1.29 is 4.79 Å². The van der Waals surface area contributed by atoms with Gasteiger partial charge in [-0.1, -0.05) is 0 Å². The van der Waals surface area contributed by atoms with Crippen molar-refractivity contribution in [2.45, 2.75) is 25.7 Å². The first-order chi connectivity index (χ1) is 11.6. The lowest BCUT2D eigenvalue weighted by Crippen LogP contribution is -2.20. The number of aryl methyl sites for hydroxylation is 2. The Kier molecular flexibility index (Phi) is 3.19. The fourth-order valence-corrected chi connectivity index (χ4v) is 2.83. The van der Waals surface area contributed by atoms with Gasteiger partial charge in [0.05, 0.1) is 11.4 Å². The summed E-state index contributed by atoms with van der Waals surface area (Å²) in [6, 6.07) is 3.38. The second-order valence-electron chi connectivity index (χ2n) is 6.01. The number of nitrogens with one attached hydrogen (secondary N) is 1. The summed E-state index contributed by atoms with van der Waals surface area (Å²) in [6.45, 7) is 1.75. The molecule has 1 aliphatic rings. The average Bonchev–Trinajstić information content (AvgIpc) is 3.17. The summed E-state index contributed by atoms with van der Waals surface area (Å²) in [7, 11) is 1.63. The summed E-state index contributed by atoms with van der Waals surface area (Å²) in [4.78, 5) is 33.6. The summed E-state index contributed by atoms with van der Waals surface area (Å²) in [5, 5.41) is 7.04. The average molecular weight is 324 g/mol. The summed E-state index contributed by atoms with van der Waals surface area (Å²) in [6.07, 6.45) is 4.96. The van der Waals surface area contributed by atoms with Crippen molar-refractivity contribution in [3.8, 4) is 5.82 Å². The number of hydrogen-bond donors (Lipinski definition) is 1. The summed E-state index contributed by atoms with van der Waals surface area (Å²) in [5.74, 6) is 0.570. The summed E-state index contributed by atoms with van der Waals surface area (Å²) < 4.78 is 2.89. The van der Waals surface area contributed by atoms with E-state index in [1.165, 1.54) is 22.0 Å². The van der Waals surface area contributed by atoms with Crippen molar-refractivity contribution >= 4 is 5.78 Å². The third kappa shape index (κ3) is 2.27. The SMILES string of the molecule is Cc1nc(-n2cncn2)ccc1C(=O)c1c(C2CC2)[nH]n(C)c1=O. The lowest BCUT2D eigenvalue weighted by molar-refractivity contribution is 0.103. The van der Waals surface area contributed by atoms with Crippen LogP contribution in [0.4, 0.5) is 0 Å². The van der Waals surface area contributed by atoms with E-state index >= 15 is 0 Å². The van der Waals surface area contributed by atoms with Gasteiger partial charge in [0.15, 0.2) is 5.82 Å². The van der Waals surface area contributed by atoms with E-state index in [1.54, 1.807) is 26.1 Å². The number of ketones is 1. The van der Waals surface area contributed by atoms with Crippen LogP contribution < -0.4 is 5.56 Å². The Morgan fingerprint density at radius 1 is 1.33 bits per heavy atom. The molecule has 0 aromatic carbocycles. The van der Waals surface area contributed by atoms with Gasteiger partial charge in [-0.2, -0.15) is 5.10 Å². The Bertz CT molecular complexity index is 979. The molecule has 122 valence electrons. The quantitative estimate of drug-likeness (QED) is 0.725. The van der Waals surface area contributed by atoms with Crippen molar-refractivity contribution in [3.63, 3.8) is 0 Å². The summed E-state index contributed by atoms with van der Waals surface area (Å²) in [5.41, 5.74) is 1.67. The number of nitrogens with zero attached hydrogens (tertiary/aromatic N) is 5. The molecular weight excluding hydrogens is 308 g/mol. The minimum atomic E-state index is -0.290. The van der Waals surface area contributed by atoms with Crippen LogP contribution in [0.2, 0.25) is 0 Å². The molecule has 8 nitrogen and oxygen atoms in total. The van der Waals surface area contributed by atoms with Crippen LogP contribution in [-0.4, -0.2) is 35.3 Å². The van der Waals surface area contributed by atoms with Crippen LogP contribution in [0.25, 0.3) is 5.82 Å². The van der Waals surface area contributed by atoms with Gasteiger partial charge < -0.3 is 0 Å². The molecule has 24 heavy (non-hydrogen) atoms. The van der Waals surface area contributed by atoms with E-state index in [9.17, 15) is 9.59 Å². The van der Waals surface area contributed by atoms with Gasteiger partial charge in [0.1, 0.15) is 18.2 Å². The van der Waals surface area contributed by atoms with E-state index in [1.807, 2.05) is 0 Å². The van der Waals surface area contributed by atoms with Gasteiger partial charge in [-0.05, 0) is 31.9 Å². The zero-order valence-electron chi connectivity index (χ0n) is 13.4. The lowest BCUT2D eigenvalue weighted by atomic mass is 10.0. The molecule has 0 saturated heterocycles. The van der Waals surface area contributed by atoms with Gasteiger partial charge in [-0.3, -0.25) is 19.4 Å². The molecule has 0 atom stereocenters. The number of carbonyl (C=O) groups excluding carboxylic acids is 1. The maximum atomic E-state index is 12.9. The van der Waals surface area contributed by atoms with Gasteiger partial charge in [0.2, 0.25) is 5.78 Å². The van der Waals surface area contributed by atoms with Crippen molar-refractivity contribution in [1.82, 2.24) is 29.5 Å². The van der Waals surface area contributed by atoms with E-state index in [0.29, 0.717) is 17.1 Å². The maximum absolute atomic E-state index is 12.9. The molecule has 1 fully saturated rings. The molecule has 1 saturated carbocycles. The molecular formula is C16H16N6O2. The predicted octanol–water partition coefficient (Wildman–Crippen LogP) is 1.11. The first-order valence-electron chi connectivity index (χ1n) is 7.72. The molecule has 0 aliphatic heterocycles. The minimum Gasteiger partial charge on any atom is -0.299 e. The monoisotopic (exact) mass is 324 g/mol. The molecule has 3 aromatic heterocycles. The number of carbonyl (C=O) groups is 1. The maximum Gasteiger partial charge on any atom is 0.277 e. The second-order valence-corrected chi connectivity index (χ2v) is 6.01. The standard InChI is InChI=1S/C16H16N6O2/c1-9-11(5-6-12(19-9)22-8-17-7-18-22)15(23)13-14(10-3-4-10)20-21(2)16(13)24/h5-8,10,20H,3-4H2,1-2H3. The van der Waals surface area contributed by atoms with Crippen LogP contribution in [0.1, 0.15) is 46.1 Å². The molecule has 4 rings (SSSR count). The molecule has 1 N–H and O–H groups in total. The molecule has 0 bridgehead atoms. The number of pyridine rings is 1. The van der Waals surface area contributed by atoms with E-state index in [0.717, 1.165) is 18.5 Å². The first kappa shape index (κ1) is 14.6. The van der Waals surface area contributed by atoms with E-state index in [2.05, 4.69) is 20.2 Å². The van der Waals surface area contributed by atoms with Crippen LogP contribution >= 0.6 is 0 Å². The molecule has 8 heteroatoms. The molecule has 0 spiro atoms. The van der Waals surface area contributed by atoms with Crippen LogP contribution in [0.3, 0.4) is 0 Å². The Hall–Kier alpha value is -3.03. The zero-order chi connectivity index (χ0) is 16.8. The molecule has 3 aromatic rings. The van der Waals surface area contributed by atoms with Gasteiger partial charge in [-0.15, -0.1) is 0 Å². The third-order valence-electron chi connectivity index (χ3n) is 4.26. The zero-order valence-corrected chi connectivity index (χ0v) is 13.4. The van der Waals surface area contributed by atoms with Crippen LogP contribution in [0.15, 0.2) is 29.6 Å². The van der Waals surface area contributed by atoms with Gasteiger partial charge in [-0.25, -0.2) is 14.6 Å². The summed E-state index contributed by atoms with van der Waals surface area (Å²) >= 11 is 0. The fourth-order valence-electron chi connectivity index (χ4n) is 2.83. The fraction of sp³-hybridized carbons (Fsp3) is 0.312. The largest absolute Gasteiger partial charge is 0.299 e. The Labute approximate surface area is 137 Å². The Morgan fingerprint density at radius 3 is 2.75 bits per heavy atom. The van der Waals surface area contributed by atoms with Crippen molar-refractivity contribution in [3.05, 3.63) is 57.7 Å². The molecule has 3 heterocycles. The smallest absolute Gasteiger partial charge is 0.277 e. The number of hydrogen-bond acceptors (Lipinski definition) is 5. The van der Waals surface area contributed by atoms with Crippen molar-refractivity contribution in [2.75, 3.05) is 0 Å².